The van der Waals surface area contributed by atoms with Gasteiger partial charge in [0.05, 0.1) is 0 Å². The summed E-state index contributed by atoms with van der Waals surface area (Å²) in [6, 6.07) is 10.0. The van der Waals surface area contributed by atoms with Crippen LogP contribution in [-0.2, 0) is 4.79 Å². The summed E-state index contributed by atoms with van der Waals surface area (Å²) >= 11 is 0. The summed E-state index contributed by atoms with van der Waals surface area (Å²) in [5, 5.41) is 0. The number of primary amides is 1. The Morgan fingerprint density at radius 1 is 0.750 bits per heavy atom. The quantitative estimate of drug-likeness (QED) is 0.270. The number of hydrogen-bond acceptors (Lipinski definition) is 1. The van der Waals surface area contributed by atoms with Crippen molar-refractivity contribution in [3.05, 3.63) is 42.5 Å². The Bertz CT molecular complexity index is 455. The van der Waals surface area contributed by atoms with E-state index in [0.717, 1.165) is 6.42 Å². The number of carbonyl (C=O) groups excluding carboxylic acids is 1. The van der Waals surface area contributed by atoms with Gasteiger partial charge in [0.2, 0.25) is 5.91 Å². The maximum absolute atomic E-state index is 10.6. The fourth-order valence-electron chi connectivity index (χ4n) is 3.26. The molecule has 0 aliphatic carbocycles. The van der Waals surface area contributed by atoms with Gasteiger partial charge in [0.25, 0.3) is 0 Å². The van der Waals surface area contributed by atoms with E-state index in [2.05, 4.69) is 13.5 Å². The van der Waals surface area contributed by atoms with Crippen LogP contribution in [0.5, 0.6) is 0 Å². The molecule has 160 valence electrons. The molecule has 1 aromatic carbocycles. The molecule has 0 heterocycles. The highest BCUT2D eigenvalue weighted by Gasteiger charge is 1.96. The van der Waals surface area contributed by atoms with Crippen LogP contribution in [0.2, 0.25) is 0 Å². The summed E-state index contributed by atoms with van der Waals surface area (Å²) in [6.07, 6.45) is 22.7. The zero-order valence-corrected chi connectivity index (χ0v) is 18.5. The molecule has 28 heavy (non-hydrogen) atoms. The predicted octanol–water partition coefficient (Wildman–Crippen LogP) is 8.06. The highest BCUT2D eigenvalue weighted by Crippen LogP contribution is 2.13. The van der Waals surface area contributed by atoms with Crippen molar-refractivity contribution >= 4 is 12.0 Å². The first-order valence-corrected chi connectivity index (χ1v) is 11.7. The molecule has 0 aliphatic heterocycles. The molecular weight excluding hydrogens is 342 g/mol. The topological polar surface area (TPSA) is 43.1 Å². The van der Waals surface area contributed by atoms with E-state index in [9.17, 15) is 4.79 Å². The normalized spacial score (nSPS) is 10.2. The first kappa shape index (κ1) is 26.4. The fourth-order valence-corrected chi connectivity index (χ4v) is 3.26. The molecule has 2 heteroatoms. The summed E-state index contributed by atoms with van der Waals surface area (Å²) in [6.45, 7) is 5.91. The van der Waals surface area contributed by atoms with Gasteiger partial charge in [0.1, 0.15) is 0 Å². The van der Waals surface area contributed by atoms with E-state index in [1.807, 2.05) is 36.4 Å². The number of unbranched alkanes of at least 4 members (excludes halogenated alkanes) is 14. The molecule has 2 nitrogen and oxygen atoms in total. The minimum Gasteiger partial charge on any atom is -0.370 e. The van der Waals surface area contributed by atoms with Gasteiger partial charge in [-0.2, -0.15) is 0 Å². The summed E-state index contributed by atoms with van der Waals surface area (Å²) in [5.74, 6) is -0.153. The van der Waals surface area contributed by atoms with E-state index in [4.69, 9.17) is 5.73 Å². The largest absolute Gasteiger partial charge is 0.370 e. The number of benzene rings is 1. The molecule has 1 rings (SSSR count). The first-order valence-electron chi connectivity index (χ1n) is 11.7. The van der Waals surface area contributed by atoms with E-state index in [1.54, 1.807) is 0 Å². The number of amides is 1. The van der Waals surface area contributed by atoms with E-state index >= 15 is 0 Å². The lowest BCUT2D eigenvalue weighted by molar-refractivity contribution is -0.118. The Balaban J connectivity index is 0.000000749. The van der Waals surface area contributed by atoms with Crippen LogP contribution in [-0.4, -0.2) is 5.91 Å². The molecule has 0 fully saturated rings. The average Bonchev–Trinajstić information content (AvgIpc) is 2.72. The minimum absolute atomic E-state index is 0.153. The van der Waals surface area contributed by atoms with Crippen molar-refractivity contribution in [1.82, 2.24) is 0 Å². The maximum atomic E-state index is 10.6. The molecule has 2 N–H and O–H groups in total. The number of hydrogen-bond donors (Lipinski definition) is 1. The van der Waals surface area contributed by atoms with E-state index < -0.39 is 0 Å². The lowest BCUT2D eigenvalue weighted by atomic mass is 10.0. The second kappa shape index (κ2) is 21.7. The molecule has 1 amide bonds. The SMILES string of the molecule is C=Cc1ccccc1.CCCCCCCCCCCCCCCCCC(N)=O. The summed E-state index contributed by atoms with van der Waals surface area (Å²) in [7, 11) is 0. The van der Waals surface area contributed by atoms with Gasteiger partial charge in [-0.15, -0.1) is 0 Å². The highest BCUT2D eigenvalue weighted by atomic mass is 16.1. The van der Waals surface area contributed by atoms with Crippen molar-refractivity contribution in [2.24, 2.45) is 5.73 Å². The van der Waals surface area contributed by atoms with Crippen LogP contribution < -0.4 is 5.73 Å². The van der Waals surface area contributed by atoms with Crippen LogP contribution in [0.15, 0.2) is 36.9 Å². The molecule has 0 saturated heterocycles. The molecule has 0 aliphatic rings. The third-order valence-corrected chi connectivity index (χ3v) is 5.06. The van der Waals surface area contributed by atoms with Crippen LogP contribution >= 0.6 is 0 Å². The van der Waals surface area contributed by atoms with Crippen molar-refractivity contribution < 1.29 is 4.79 Å². The zero-order valence-electron chi connectivity index (χ0n) is 18.5. The standard InChI is InChI=1S/C18H37NO.C8H8/c1-2-3-4-5-6-7-8-9-10-11-12-13-14-15-16-17-18(19)20;1-2-8-6-4-3-5-7-8/h2-17H2,1H3,(H2,19,20);2-7H,1H2. The average molecular weight is 388 g/mol. The maximum Gasteiger partial charge on any atom is 0.217 e. The number of nitrogens with two attached hydrogens (primary N) is 1. The van der Waals surface area contributed by atoms with E-state index in [-0.39, 0.29) is 5.91 Å². The number of rotatable bonds is 17. The molecule has 0 bridgehead atoms. The summed E-state index contributed by atoms with van der Waals surface area (Å²) in [4.78, 5) is 10.6. The van der Waals surface area contributed by atoms with Crippen LogP contribution in [0.25, 0.3) is 6.08 Å². The van der Waals surface area contributed by atoms with Gasteiger partial charge < -0.3 is 5.73 Å². The van der Waals surface area contributed by atoms with Gasteiger partial charge in [-0.05, 0) is 12.0 Å². The highest BCUT2D eigenvalue weighted by molar-refractivity contribution is 5.73. The van der Waals surface area contributed by atoms with Gasteiger partial charge in [0.15, 0.2) is 0 Å². The van der Waals surface area contributed by atoms with Crippen LogP contribution in [0.3, 0.4) is 0 Å². The van der Waals surface area contributed by atoms with Gasteiger partial charge >= 0.3 is 0 Å². The fraction of sp³-hybridized carbons (Fsp3) is 0.654. The van der Waals surface area contributed by atoms with Crippen molar-refractivity contribution in [3.63, 3.8) is 0 Å². The zero-order chi connectivity index (χ0) is 20.7. The third kappa shape index (κ3) is 20.7. The van der Waals surface area contributed by atoms with Crippen molar-refractivity contribution in [1.29, 1.82) is 0 Å². The van der Waals surface area contributed by atoms with Crippen LogP contribution in [0.1, 0.15) is 115 Å². The molecular formula is C26H45NO. The van der Waals surface area contributed by atoms with Crippen molar-refractivity contribution in [2.45, 2.75) is 110 Å². The van der Waals surface area contributed by atoms with Gasteiger partial charge in [-0.3, -0.25) is 4.79 Å². The Morgan fingerprint density at radius 3 is 1.46 bits per heavy atom. The summed E-state index contributed by atoms with van der Waals surface area (Å²) in [5.41, 5.74) is 6.28. The number of carbonyl (C=O) groups is 1. The molecule has 0 radical (unpaired) electrons. The monoisotopic (exact) mass is 387 g/mol. The third-order valence-electron chi connectivity index (χ3n) is 5.06. The molecule has 0 atom stereocenters. The second-order valence-corrected chi connectivity index (χ2v) is 7.78. The Hall–Kier alpha value is -1.57. The predicted molar refractivity (Wildman–Crippen MR) is 125 cm³/mol. The van der Waals surface area contributed by atoms with Crippen molar-refractivity contribution in [2.75, 3.05) is 0 Å². The molecule has 0 spiro atoms. The van der Waals surface area contributed by atoms with E-state index in [1.165, 1.54) is 95.5 Å². The molecule has 0 unspecified atom stereocenters. The van der Waals surface area contributed by atoms with Gasteiger partial charge in [-0.25, -0.2) is 0 Å². The molecule has 0 saturated carbocycles. The van der Waals surface area contributed by atoms with Crippen molar-refractivity contribution in [3.8, 4) is 0 Å². The Kier molecular flexibility index (Phi) is 20.5. The second-order valence-electron chi connectivity index (χ2n) is 7.78. The van der Waals surface area contributed by atoms with Crippen LogP contribution in [0, 0.1) is 0 Å². The lowest BCUT2D eigenvalue weighted by Crippen LogP contribution is -2.09. The molecule has 0 aromatic heterocycles. The van der Waals surface area contributed by atoms with E-state index in [0.29, 0.717) is 6.42 Å². The molecule has 1 aromatic rings. The smallest absolute Gasteiger partial charge is 0.217 e. The van der Waals surface area contributed by atoms with Gasteiger partial charge in [-0.1, -0.05) is 140 Å². The first-order chi connectivity index (χ1) is 13.7. The summed E-state index contributed by atoms with van der Waals surface area (Å²) < 4.78 is 0. The Morgan fingerprint density at radius 2 is 1.14 bits per heavy atom. The van der Waals surface area contributed by atoms with Gasteiger partial charge in [0, 0.05) is 6.42 Å². The van der Waals surface area contributed by atoms with Crippen LogP contribution in [0.4, 0.5) is 0 Å². The minimum atomic E-state index is -0.153. The Labute approximate surface area is 175 Å². The lowest BCUT2D eigenvalue weighted by Gasteiger charge is -2.03.